The zero-order valence-electron chi connectivity index (χ0n) is 8.95. The summed E-state index contributed by atoms with van der Waals surface area (Å²) in [7, 11) is 0. The standard InChI is InChI=1S/C12H18N2O/c13-8-11-3-1-2-10-4-5-14(6-7-15)9-12(10)11/h1-3,15H,4-9,13H2. The van der Waals surface area contributed by atoms with E-state index in [0.29, 0.717) is 6.54 Å². The minimum atomic E-state index is 0.236. The lowest BCUT2D eigenvalue weighted by Crippen LogP contribution is -2.33. The number of fused-ring (bicyclic) bond motifs is 1. The Morgan fingerprint density at radius 2 is 2.27 bits per heavy atom. The normalized spacial score (nSPS) is 16.4. The molecule has 15 heavy (non-hydrogen) atoms. The molecule has 0 bridgehead atoms. The van der Waals surface area contributed by atoms with Crippen LogP contribution in [0.5, 0.6) is 0 Å². The Labute approximate surface area is 90.5 Å². The van der Waals surface area contributed by atoms with E-state index in [1.54, 1.807) is 0 Å². The second-order valence-electron chi connectivity index (χ2n) is 4.01. The molecular formula is C12H18N2O. The zero-order chi connectivity index (χ0) is 10.7. The van der Waals surface area contributed by atoms with Gasteiger partial charge >= 0.3 is 0 Å². The molecule has 0 unspecified atom stereocenters. The van der Waals surface area contributed by atoms with E-state index in [0.717, 1.165) is 26.1 Å². The van der Waals surface area contributed by atoms with Crippen LogP contribution in [0.15, 0.2) is 18.2 Å². The summed E-state index contributed by atoms with van der Waals surface area (Å²) >= 11 is 0. The lowest BCUT2D eigenvalue weighted by Gasteiger charge is -2.29. The Morgan fingerprint density at radius 3 is 3.00 bits per heavy atom. The number of hydrogen-bond acceptors (Lipinski definition) is 3. The minimum Gasteiger partial charge on any atom is -0.395 e. The van der Waals surface area contributed by atoms with Gasteiger partial charge < -0.3 is 10.8 Å². The van der Waals surface area contributed by atoms with Crippen molar-refractivity contribution in [2.24, 2.45) is 5.73 Å². The Balaban J connectivity index is 2.22. The molecule has 0 aromatic heterocycles. The van der Waals surface area contributed by atoms with Gasteiger partial charge in [-0.1, -0.05) is 18.2 Å². The summed E-state index contributed by atoms with van der Waals surface area (Å²) in [6.07, 6.45) is 1.07. The van der Waals surface area contributed by atoms with Gasteiger partial charge in [0.1, 0.15) is 0 Å². The molecule has 1 aromatic rings. The number of hydrogen-bond donors (Lipinski definition) is 2. The number of benzene rings is 1. The van der Waals surface area contributed by atoms with Gasteiger partial charge in [0.05, 0.1) is 6.61 Å². The maximum atomic E-state index is 8.93. The van der Waals surface area contributed by atoms with Crippen molar-refractivity contribution in [3.63, 3.8) is 0 Å². The molecule has 0 aliphatic carbocycles. The van der Waals surface area contributed by atoms with E-state index in [9.17, 15) is 0 Å². The molecule has 0 amide bonds. The van der Waals surface area contributed by atoms with E-state index in [1.165, 1.54) is 16.7 Å². The van der Waals surface area contributed by atoms with Crippen molar-refractivity contribution in [1.82, 2.24) is 4.90 Å². The molecule has 3 N–H and O–H groups in total. The molecule has 2 rings (SSSR count). The van der Waals surface area contributed by atoms with E-state index in [2.05, 4.69) is 23.1 Å². The van der Waals surface area contributed by atoms with Crippen LogP contribution in [0.1, 0.15) is 16.7 Å². The molecule has 0 fully saturated rings. The number of β-amino-alcohol motifs (C(OH)–C–C–N with tert-alkyl or cyclic N) is 1. The number of aliphatic hydroxyl groups excluding tert-OH is 1. The van der Waals surface area contributed by atoms with Crippen LogP contribution in [0.4, 0.5) is 0 Å². The molecule has 1 aliphatic heterocycles. The number of rotatable bonds is 3. The third-order valence-electron chi connectivity index (χ3n) is 3.09. The van der Waals surface area contributed by atoms with Gasteiger partial charge in [0.2, 0.25) is 0 Å². The third kappa shape index (κ3) is 2.20. The maximum Gasteiger partial charge on any atom is 0.0558 e. The SMILES string of the molecule is NCc1cccc2c1CN(CCO)CC2. The maximum absolute atomic E-state index is 8.93. The fourth-order valence-corrected chi connectivity index (χ4v) is 2.23. The molecule has 1 heterocycles. The largest absolute Gasteiger partial charge is 0.395 e. The lowest BCUT2D eigenvalue weighted by atomic mass is 9.95. The van der Waals surface area contributed by atoms with Gasteiger partial charge in [-0.05, 0) is 23.1 Å². The molecule has 1 aliphatic rings. The van der Waals surface area contributed by atoms with Crippen LogP contribution in [0.3, 0.4) is 0 Å². The summed E-state index contributed by atoms with van der Waals surface area (Å²) < 4.78 is 0. The summed E-state index contributed by atoms with van der Waals surface area (Å²) in [5.74, 6) is 0. The van der Waals surface area contributed by atoms with Crippen LogP contribution in [-0.2, 0) is 19.5 Å². The summed E-state index contributed by atoms with van der Waals surface area (Å²) in [5.41, 5.74) is 9.77. The summed E-state index contributed by atoms with van der Waals surface area (Å²) in [6, 6.07) is 6.37. The first kappa shape index (κ1) is 10.6. The average molecular weight is 206 g/mol. The molecule has 0 spiro atoms. The number of nitrogens with zero attached hydrogens (tertiary/aromatic N) is 1. The van der Waals surface area contributed by atoms with E-state index >= 15 is 0 Å². The molecule has 0 radical (unpaired) electrons. The molecule has 0 saturated heterocycles. The van der Waals surface area contributed by atoms with Gasteiger partial charge in [0.15, 0.2) is 0 Å². The first-order chi connectivity index (χ1) is 7.35. The second-order valence-corrected chi connectivity index (χ2v) is 4.01. The van der Waals surface area contributed by atoms with Crippen LogP contribution >= 0.6 is 0 Å². The van der Waals surface area contributed by atoms with Crippen molar-refractivity contribution in [3.8, 4) is 0 Å². The van der Waals surface area contributed by atoms with Gasteiger partial charge in [-0.2, -0.15) is 0 Å². The fraction of sp³-hybridized carbons (Fsp3) is 0.500. The first-order valence-corrected chi connectivity index (χ1v) is 5.48. The van der Waals surface area contributed by atoms with Gasteiger partial charge in [-0.3, -0.25) is 4.90 Å². The molecule has 1 aromatic carbocycles. The van der Waals surface area contributed by atoms with Crippen molar-refractivity contribution < 1.29 is 5.11 Å². The molecule has 0 atom stereocenters. The summed E-state index contributed by atoms with van der Waals surface area (Å²) in [4.78, 5) is 2.28. The fourth-order valence-electron chi connectivity index (χ4n) is 2.23. The van der Waals surface area contributed by atoms with Crippen molar-refractivity contribution in [2.75, 3.05) is 19.7 Å². The highest BCUT2D eigenvalue weighted by Gasteiger charge is 2.17. The Morgan fingerprint density at radius 1 is 1.40 bits per heavy atom. The molecule has 82 valence electrons. The smallest absolute Gasteiger partial charge is 0.0558 e. The van der Waals surface area contributed by atoms with Crippen molar-refractivity contribution in [1.29, 1.82) is 0 Å². The lowest BCUT2D eigenvalue weighted by molar-refractivity contribution is 0.184. The highest BCUT2D eigenvalue weighted by Crippen LogP contribution is 2.22. The van der Waals surface area contributed by atoms with Crippen LogP contribution in [0, 0.1) is 0 Å². The summed E-state index contributed by atoms with van der Waals surface area (Å²) in [5, 5.41) is 8.93. The van der Waals surface area contributed by atoms with Gasteiger partial charge in [0, 0.05) is 26.2 Å². The van der Waals surface area contributed by atoms with Gasteiger partial charge in [0.25, 0.3) is 0 Å². The highest BCUT2D eigenvalue weighted by molar-refractivity contribution is 5.36. The van der Waals surface area contributed by atoms with Gasteiger partial charge in [-0.25, -0.2) is 0 Å². The van der Waals surface area contributed by atoms with Crippen LogP contribution in [0.2, 0.25) is 0 Å². The van der Waals surface area contributed by atoms with Crippen LogP contribution < -0.4 is 5.73 Å². The molecular weight excluding hydrogens is 188 g/mol. The highest BCUT2D eigenvalue weighted by atomic mass is 16.3. The van der Waals surface area contributed by atoms with E-state index in [-0.39, 0.29) is 6.61 Å². The molecule has 3 heteroatoms. The van der Waals surface area contributed by atoms with Crippen molar-refractivity contribution in [2.45, 2.75) is 19.5 Å². The average Bonchev–Trinajstić information content (AvgIpc) is 2.28. The second kappa shape index (κ2) is 4.75. The van der Waals surface area contributed by atoms with E-state index < -0.39 is 0 Å². The van der Waals surface area contributed by atoms with Gasteiger partial charge in [-0.15, -0.1) is 0 Å². The molecule has 0 saturated carbocycles. The van der Waals surface area contributed by atoms with Crippen molar-refractivity contribution in [3.05, 3.63) is 34.9 Å². The third-order valence-corrected chi connectivity index (χ3v) is 3.09. The predicted molar refractivity (Wildman–Crippen MR) is 60.4 cm³/mol. The Bertz CT molecular complexity index is 324. The first-order valence-electron chi connectivity index (χ1n) is 5.48. The zero-order valence-corrected chi connectivity index (χ0v) is 8.95. The van der Waals surface area contributed by atoms with E-state index in [4.69, 9.17) is 10.8 Å². The Kier molecular flexibility index (Phi) is 3.36. The molecule has 3 nitrogen and oxygen atoms in total. The Hall–Kier alpha value is -0.900. The van der Waals surface area contributed by atoms with Crippen molar-refractivity contribution >= 4 is 0 Å². The monoisotopic (exact) mass is 206 g/mol. The van der Waals surface area contributed by atoms with E-state index in [1.807, 2.05) is 0 Å². The topological polar surface area (TPSA) is 49.5 Å². The predicted octanol–water partition coefficient (Wildman–Crippen LogP) is 0.496. The minimum absolute atomic E-state index is 0.236. The number of nitrogens with two attached hydrogens (primary N) is 1. The van der Waals surface area contributed by atoms with Crippen LogP contribution in [0.25, 0.3) is 0 Å². The quantitative estimate of drug-likeness (QED) is 0.757. The number of aliphatic hydroxyl groups is 1. The van der Waals surface area contributed by atoms with Crippen LogP contribution in [-0.4, -0.2) is 29.7 Å². The summed E-state index contributed by atoms with van der Waals surface area (Å²) in [6.45, 7) is 3.58.